The molecule has 0 saturated carbocycles. The van der Waals surface area contributed by atoms with E-state index in [0.717, 1.165) is 0 Å². The second kappa shape index (κ2) is 10.2. The Morgan fingerprint density at radius 3 is 2.45 bits per heavy atom. The average molecular weight is 432 g/mol. The summed E-state index contributed by atoms with van der Waals surface area (Å²) in [4.78, 5) is 26.2. The fourth-order valence-electron chi connectivity index (χ4n) is 3.40. The Kier molecular flexibility index (Phi) is 8.17. The summed E-state index contributed by atoms with van der Waals surface area (Å²) in [6.07, 6.45) is 0.738. The average Bonchev–Trinajstić information content (AvgIpc) is 3.03. The van der Waals surface area contributed by atoms with Crippen molar-refractivity contribution in [2.75, 3.05) is 46.5 Å². The van der Waals surface area contributed by atoms with Gasteiger partial charge in [-0.3, -0.25) is 9.59 Å². The number of aryl methyl sites for hydroxylation is 2. The summed E-state index contributed by atoms with van der Waals surface area (Å²) >= 11 is 0. The van der Waals surface area contributed by atoms with Crippen molar-refractivity contribution in [3.63, 3.8) is 0 Å². The largest absolute Gasteiger partial charge is 0.465 e. The lowest BCUT2D eigenvalue weighted by molar-refractivity contribution is -0.151. The first-order valence-electron chi connectivity index (χ1n) is 9.58. The SMILES string of the molecule is CCOC(=O)CN(CCOC)C(=O)C1CCN(S(=O)(=O)c2c(C)noc2C)CC1. The summed E-state index contributed by atoms with van der Waals surface area (Å²) in [6, 6.07) is 0. The van der Waals surface area contributed by atoms with Crippen LogP contribution in [0.25, 0.3) is 0 Å². The molecule has 1 aromatic heterocycles. The number of carbonyl (C=O) groups excluding carboxylic acids is 2. The van der Waals surface area contributed by atoms with Crippen LogP contribution in [0.5, 0.6) is 0 Å². The van der Waals surface area contributed by atoms with Crippen molar-refractivity contribution in [3.05, 3.63) is 11.5 Å². The molecule has 0 aromatic carbocycles. The molecule has 0 aliphatic carbocycles. The Labute approximate surface area is 171 Å². The predicted octanol–water partition coefficient (Wildman–Crippen LogP) is 0.730. The lowest BCUT2D eigenvalue weighted by atomic mass is 9.96. The van der Waals surface area contributed by atoms with E-state index in [0.29, 0.717) is 25.1 Å². The van der Waals surface area contributed by atoms with Crippen LogP contribution in [0.1, 0.15) is 31.2 Å². The van der Waals surface area contributed by atoms with E-state index in [1.54, 1.807) is 20.8 Å². The molecule has 29 heavy (non-hydrogen) atoms. The number of sulfonamides is 1. The molecule has 0 bridgehead atoms. The van der Waals surface area contributed by atoms with Crippen molar-refractivity contribution in [2.45, 2.75) is 38.5 Å². The van der Waals surface area contributed by atoms with Crippen molar-refractivity contribution in [2.24, 2.45) is 5.92 Å². The maximum Gasteiger partial charge on any atom is 0.325 e. The number of piperidine rings is 1. The van der Waals surface area contributed by atoms with E-state index in [-0.39, 0.29) is 55.3 Å². The first-order chi connectivity index (χ1) is 13.7. The first kappa shape index (κ1) is 23.3. The number of hydrogen-bond donors (Lipinski definition) is 0. The van der Waals surface area contributed by atoms with Gasteiger partial charge in [0.1, 0.15) is 17.1 Å². The predicted molar refractivity (Wildman–Crippen MR) is 103 cm³/mol. The van der Waals surface area contributed by atoms with Gasteiger partial charge in [-0.15, -0.1) is 0 Å². The third-order valence-corrected chi connectivity index (χ3v) is 7.01. The summed E-state index contributed by atoms with van der Waals surface area (Å²) in [5, 5.41) is 3.72. The van der Waals surface area contributed by atoms with Crippen LogP contribution in [0.4, 0.5) is 0 Å². The van der Waals surface area contributed by atoms with Gasteiger partial charge in [-0.1, -0.05) is 5.16 Å². The Morgan fingerprint density at radius 2 is 1.93 bits per heavy atom. The molecule has 1 amide bonds. The molecule has 1 aliphatic rings. The maximum atomic E-state index is 12.9. The Bertz CT molecular complexity index is 794. The van der Waals surface area contributed by atoms with Crippen molar-refractivity contribution >= 4 is 21.9 Å². The van der Waals surface area contributed by atoms with Gasteiger partial charge < -0.3 is 18.9 Å². The van der Waals surface area contributed by atoms with Gasteiger partial charge in [0.25, 0.3) is 0 Å². The summed E-state index contributed by atoms with van der Waals surface area (Å²) in [7, 11) is -2.21. The number of carbonyl (C=O) groups is 2. The molecule has 1 aromatic rings. The maximum absolute atomic E-state index is 12.9. The fourth-order valence-corrected chi connectivity index (χ4v) is 5.17. The zero-order valence-electron chi connectivity index (χ0n) is 17.3. The second-order valence-electron chi connectivity index (χ2n) is 6.89. The summed E-state index contributed by atoms with van der Waals surface area (Å²) in [5.41, 5.74) is 0.320. The lowest BCUT2D eigenvalue weighted by Crippen LogP contribution is -2.46. The summed E-state index contributed by atoms with van der Waals surface area (Å²) in [6.45, 7) is 5.93. The van der Waals surface area contributed by atoms with Crippen LogP contribution < -0.4 is 0 Å². The van der Waals surface area contributed by atoms with Crippen LogP contribution >= 0.6 is 0 Å². The molecule has 0 unspecified atom stereocenters. The van der Waals surface area contributed by atoms with Crippen molar-refractivity contribution in [1.29, 1.82) is 0 Å². The number of methoxy groups -OCH3 is 1. The molecule has 2 heterocycles. The van der Waals surface area contributed by atoms with Crippen LogP contribution in [0.3, 0.4) is 0 Å². The van der Waals surface area contributed by atoms with Crippen LogP contribution in [0.15, 0.2) is 9.42 Å². The Balaban J connectivity index is 2.04. The zero-order valence-corrected chi connectivity index (χ0v) is 18.2. The van der Waals surface area contributed by atoms with E-state index < -0.39 is 16.0 Å². The highest BCUT2D eigenvalue weighted by Gasteiger charge is 2.36. The summed E-state index contributed by atoms with van der Waals surface area (Å²) in [5.74, 6) is -0.779. The molecule has 0 N–H and O–H groups in total. The highest BCUT2D eigenvalue weighted by atomic mass is 32.2. The van der Waals surface area contributed by atoms with E-state index in [9.17, 15) is 18.0 Å². The van der Waals surface area contributed by atoms with E-state index in [2.05, 4.69) is 5.16 Å². The normalized spacial score (nSPS) is 16.0. The first-order valence-corrected chi connectivity index (χ1v) is 11.0. The van der Waals surface area contributed by atoms with Crippen LogP contribution in [-0.4, -0.2) is 81.2 Å². The molecular weight excluding hydrogens is 402 g/mol. The minimum Gasteiger partial charge on any atom is -0.465 e. The third-order valence-electron chi connectivity index (χ3n) is 4.87. The van der Waals surface area contributed by atoms with Gasteiger partial charge in [0.15, 0.2) is 5.76 Å². The molecule has 164 valence electrons. The van der Waals surface area contributed by atoms with E-state index >= 15 is 0 Å². The van der Waals surface area contributed by atoms with E-state index in [1.807, 2.05) is 0 Å². The van der Waals surface area contributed by atoms with Gasteiger partial charge in [0.2, 0.25) is 15.9 Å². The van der Waals surface area contributed by atoms with Gasteiger partial charge in [0.05, 0.1) is 13.2 Å². The van der Waals surface area contributed by atoms with Crippen molar-refractivity contribution < 1.29 is 32.0 Å². The van der Waals surface area contributed by atoms with Gasteiger partial charge in [-0.05, 0) is 33.6 Å². The minimum absolute atomic E-state index is 0.0892. The highest BCUT2D eigenvalue weighted by molar-refractivity contribution is 7.89. The molecule has 0 atom stereocenters. The Hall–Kier alpha value is -1.98. The topological polar surface area (TPSA) is 119 Å². The van der Waals surface area contributed by atoms with Crippen molar-refractivity contribution in [1.82, 2.24) is 14.4 Å². The van der Waals surface area contributed by atoms with Gasteiger partial charge in [-0.25, -0.2) is 8.42 Å². The van der Waals surface area contributed by atoms with Crippen LogP contribution in [0.2, 0.25) is 0 Å². The standard InChI is InChI=1S/C18H29N3O7S/c1-5-27-16(22)12-20(10-11-26-4)18(23)15-6-8-21(9-7-15)29(24,25)17-13(2)19-28-14(17)3/h15H,5-12H2,1-4H3. The van der Waals surface area contributed by atoms with Crippen LogP contribution in [-0.2, 0) is 29.1 Å². The minimum atomic E-state index is -3.73. The highest BCUT2D eigenvalue weighted by Crippen LogP contribution is 2.28. The smallest absolute Gasteiger partial charge is 0.325 e. The van der Waals surface area contributed by atoms with Crippen LogP contribution in [0, 0.1) is 19.8 Å². The lowest BCUT2D eigenvalue weighted by Gasteiger charge is -2.33. The summed E-state index contributed by atoms with van der Waals surface area (Å²) < 4.78 is 42.1. The number of aromatic nitrogens is 1. The van der Waals surface area contributed by atoms with E-state index in [4.69, 9.17) is 14.0 Å². The molecule has 10 nitrogen and oxygen atoms in total. The molecule has 1 aliphatic heterocycles. The third kappa shape index (κ3) is 5.55. The molecule has 0 spiro atoms. The number of nitrogens with zero attached hydrogens (tertiary/aromatic N) is 3. The Morgan fingerprint density at radius 1 is 1.28 bits per heavy atom. The number of ether oxygens (including phenoxy) is 2. The fraction of sp³-hybridized carbons (Fsp3) is 0.722. The molecule has 11 heteroatoms. The monoisotopic (exact) mass is 431 g/mol. The second-order valence-corrected chi connectivity index (χ2v) is 8.76. The molecule has 0 radical (unpaired) electrons. The quantitative estimate of drug-likeness (QED) is 0.525. The molecule has 1 fully saturated rings. The van der Waals surface area contributed by atoms with Gasteiger partial charge >= 0.3 is 5.97 Å². The molecular formula is C18H29N3O7S. The molecule has 1 saturated heterocycles. The number of hydrogen-bond acceptors (Lipinski definition) is 8. The zero-order chi connectivity index (χ0) is 21.6. The number of rotatable bonds is 9. The van der Waals surface area contributed by atoms with E-state index in [1.165, 1.54) is 16.3 Å². The van der Waals surface area contributed by atoms with Crippen molar-refractivity contribution in [3.8, 4) is 0 Å². The van der Waals surface area contributed by atoms with Gasteiger partial charge in [0, 0.05) is 32.7 Å². The number of esters is 1. The number of amides is 1. The van der Waals surface area contributed by atoms with Gasteiger partial charge in [-0.2, -0.15) is 4.31 Å². The molecule has 2 rings (SSSR count).